The Labute approximate surface area is 582 Å². The highest BCUT2D eigenvalue weighted by Gasteiger charge is 2.28. The third-order valence-electron chi connectivity index (χ3n) is 17.0. The molecule has 0 radical (unpaired) electrons. The van der Waals surface area contributed by atoms with Crippen LogP contribution in [0.15, 0.2) is 163 Å². The van der Waals surface area contributed by atoms with E-state index in [2.05, 4.69) is 71.3 Å². The molecule has 0 unspecified atom stereocenters. The van der Waals surface area contributed by atoms with Crippen molar-refractivity contribution in [2.24, 2.45) is 19.2 Å². The molecule has 4 heterocycles. The SMILES string of the molecule is Cc1n[nH]c(C)c1-c1ccc(NC(=O)[C@H](Cc2cc(-c3cccc(C(C)(C)N=[N+]=[N-])c3)ccc2Cl)NC(=O)c2ccnn2C)cc1.Cc1nn(COCC[Si](C)(C)C)c(C)c1-c1ccc(NC(=O)[C@H](Cc2cc(-c3cccc(C(C)(C)O)c3)ccc2Cl)NC(=O)c2ccnn2C)cc1. The number of rotatable bonds is 24. The zero-order valence-corrected chi connectivity index (χ0v) is 59.9. The van der Waals surface area contributed by atoms with Crippen LogP contribution >= 0.6 is 23.2 Å². The van der Waals surface area contributed by atoms with Crippen molar-refractivity contribution in [1.82, 2.24) is 50.2 Å². The highest BCUT2D eigenvalue weighted by Crippen LogP contribution is 2.35. The van der Waals surface area contributed by atoms with Crippen molar-refractivity contribution >= 4 is 66.3 Å². The molecule has 24 heteroatoms. The first-order chi connectivity index (χ1) is 46.5. The van der Waals surface area contributed by atoms with Crippen molar-refractivity contribution in [2.45, 2.75) is 124 Å². The van der Waals surface area contributed by atoms with E-state index in [0.717, 1.165) is 91.1 Å². The molecule has 0 bridgehead atoms. The number of azide groups is 1. The fraction of sp³-hybridized carbons (Fsp3) is 0.297. The lowest BCUT2D eigenvalue weighted by Crippen LogP contribution is -2.45. The van der Waals surface area contributed by atoms with E-state index in [1.807, 2.05) is 168 Å². The summed E-state index contributed by atoms with van der Waals surface area (Å²) in [5.41, 5.74) is 23.3. The van der Waals surface area contributed by atoms with Crippen LogP contribution in [0.1, 0.15) is 93.7 Å². The Morgan fingerprint density at radius 2 is 1.09 bits per heavy atom. The highest BCUT2D eigenvalue weighted by molar-refractivity contribution is 6.76. The Balaban J connectivity index is 0.000000231. The van der Waals surface area contributed by atoms with Crippen LogP contribution in [0.4, 0.5) is 11.4 Å². The lowest BCUT2D eigenvalue weighted by Gasteiger charge is -2.21. The first-order valence-corrected chi connectivity index (χ1v) is 36.5. The van der Waals surface area contributed by atoms with Crippen molar-refractivity contribution in [1.29, 1.82) is 0 Å². The van der Waals surface area contributed by atoms with Crippen molar-refractivity contribution in [3.05, 3.63) is 235 Å². The zero-order chi connectivity index (χ0) is 70.8. The maximum atomic E-state index is 13.9. The van der Waals surface area contributed by atoms with Crippen LogP contribution < -0.4 is 21.3 Å². The number of hydrogen-bond donors (Lipinski definition) is 6. The monoisotopic (exact) mass is 1380 g/mol. The van der Waals surface area contributed by atoms with E-state index in [4.69, 9.17) is 38.6 Å². The van der Waals surface area contributed by atoms with Gasteiger partial charge in [0.25, 0.3) is 11.8 Å². The number of nitrogens with one attached hydrogen (secondary N) is 5. The van der Waals surface area contributed by atoms with Crippen LogP contribution in [-0.4, -0.2) is 95.0 Å². The molecule has 0 aliphatic heterocycles. The van der Waals surface area contributed by atoms with Gasteiger partial charge in [0.15, 0.2) is 0 Å². The van der Waals surface area contributed by atoms with Gasteiger partial charge in [0, 0.05) is 103 Å². The van der Waals surface area contributed by atoms with E-state index in [1.54, 1.807) is 52.2 Å². The second kappa shape index (κ2) is 31.1. The number of amides is 4. The Kier molecular flexibility index (Phi) is 22.9. The number of aliphatic hydroxyl groups is 1. The number of carbonyl (C=O) groups is 4. The number of H-pyrrole nitrogens is 1. The predicted molar refractivity (Wildman–Crippen MR) is 390 cm³/mol. The van der Waals surface area contributed by atoms with Crippen molar-refractivity contribution in [2.75, 3.05) is 17.2 Å². The van der Waals surface area contributed by atoms with Crippen molar-refractivity contribution < 1.29 is 29.0 Å². The third kappa shape index (κ3) is 18.2. The van der Waals surface area contributed by atoms with Gasteiger partial charge in [-0.1, -0.05) is 141 Å². The second-order valence-electron chi connectivity index (χ2n) is 26.6. The molecule has 21 nitrogen and oxygen atoms in total. The first kappa shape index (κ1) is 72.3. The summed E-state index contributed by atoms with van der Waals surface area (Å²) in [6.07, 6.45) is 3.30. The molecule has 0 aliphatic rings. The molecule has 0 spiro atoms. The number of hydrogen-bond acceptors (Lipinski definition) is 11. The van der Waals surface area contributed by atoms with Gasteiger partial charge in [-0.25, -0.2) is 4.68 Å². The number of aromatic amines is 1. The smallest absolute Gasteiger partial charge is 0.270 e. The van der Waals surface area contributed by atoms with Gasteiger partial charge in [-0.15, -0.1) is 0 Å². The standard InChI is InChI=1S/C40H49ClN6O4Si.C34H34ClN9O2/c1-26-37(27(2)47(45-26)25-51-20-21-52(6,7)8)28-12-15-33(16-13-28)43-38(48)35(44-39(49)36-18-19-42-46(36)5)24-31-22-30(14-17-34(31)41)29-10-9-11-32(23-29)40(3,4)50;1-20-31(21(2)41-40-20)22-9-12-27(13-10-22)38-32(45)29(39-33(46)30-15-16-37-44(30)5)19-25-17-24(11-14-28(25)35)23-7-6-8-26(18-23)34(3,4)42-43-36/h9-19,22-23,35,50H,20-21,24-25H2,1-8H3,(H,43,48)(H,44,49);6-18,29H,19H2,1-5H3,(H,38,45)(H,39,46)(H,40,41)/t35-;29-/m00/s1. The molecule has 2 atom stereocenters. The molecule has 508 valence electrons. The molecule has 0 saturated heterocycles. The normalized spacial score (nSPS) is 12.2. The second-order valence-corrected chi connectivity index (χ2v) is 33.0. The molecule has 4 amide bonds. The van der Waals surface area contributed by atoms with E-state index in [9.17, 15) is 24.3 Å². The molecular weight excluding hydrogens is 1290 g/mol. The minimum absolute atomic E-state index is 0.123. The maximum Gasteiger partial charge on any atom is 0.270 e. The van der Waals surface area contributed by atoms with Gasteiger partial charge < -0.3 is 31.1 Å². The summed E-state index contributed by atoms with van der Waals surface area (Å²) in [6, 6.07) is 44.0. The molecule has 10 rings (SSSR count). The molecule has 0 aliphatic carbocycles. The van der Waals surface area contributed by atoms with Gasteiger partial charge in [0.2, 0.25) is 11.8 Å². The molecule has 0 saturated carbocycles. The number of anilines is 2. The fourth-order valence-electron chi connectivity index (χ4n) is 11.3. The third-order valence-corrected chi connectivity index (χ3v) is 19.4. The zero-order valence-electron chi connectivity index (χ0n) is 57.4. The van der Waals surface area contributed by atoms with Crippen molar-refractivity contribution in [3.63, 3.8) is 0 Å². The van der Waals surface area contributed by atoms with Crippen LogP contribution in [-0.2, 0) is 59.1 Å². The van der Waals surface area contributed by atoms with Crippen LogP contribution in [0, 0.1) is 27.7 Å². The van der Waals surface area contributed by atoms with Gasteiger partial charge in [-0.3, -0.25) is 33.6 Å². The molecule has 6 aromatic carbocycles. The quantitative estimate of drug-likeness (QED) is 0.0109. The number of aryl methyl sites for hydroxylation is 5. The molecule has 98 heavy (non-hydrogen) atoms. The van der Waals surface area contributed by atoms with E-state index in [0.29, 0.717) is 50.7 Å². The lowest BCUT2D eigenvalue weighted by atomic mass is 9.91. The summed E-state index contributed by atoms with van der Waals surface area (Å²) < 4.78 is 10.8. The fourth-order valence-corrected chi connectivity index (χ4v) is 12.5. The van der Waals surface area contributed by atoms with Crippen LogP contribution in [0.5, 0.6) is 0 Å². The van der Waals surface area contributed by atoms with Crippen LogP contribution in [0.2, 0.25) is 35.7 Å². The van der Waals surface area contributed by atoms with Crippen LogP contribution in [0.25, 0.3) is 55.0 Å². The first-order valence-electron chi connectivity index (χ1n) is 32.1. The topological polar surface area (TPSA) is 277 Å². The van der Waals surface area contributed by atoms with E-state index < -0.39 is 54.9 Å². The van der Waals surface area contributed by atoms with Gasteiger partial charge >= 0.3 is 0 Å². The van der Waals surface area contributed by atoms with Gasteiger partial charge in [0.1, 0.15) is 30.2 Å². The average Bonchev–Trinajstić information content (AvgIpc) is 1.41. The Morgan fingerprint density at radius 3 is 1.53 bits per heavy atom. The molecule has 0 fully saturated rings. The van der Waals surface area contributed by atoms with Gasteiger partial charge in [-0.2, -0.15) is 20.4 Å². The number of halogens is 2. The maximum absolute atomic E-state index is 13.9. The molecule has 10 aromatic rings. The largest absolute Gasteiger partial charge is 0.386 e. The summed E-state index contributed by atoms with van der Waals surface area (Å²) in [7, 11) is 2.15. The number of ether oxygens (including phenoxy) is 1. The minimum Gasteiger partial charge on any atom is -0.386 e. The summed E-state index contributed by atoms with van der Waals surface area (Å²) in [4.78, 5) is 57.3. The number of benzene rings is 6. The average molecular weight is 1380 g/mol. The Hall–Kier alpha value is -9.93. The van der Waals surface area contributed by atoms with Gasteiger partial charge in [0.05, 0.1) is 22.5 Å². The van der Waals surface area contributed by atoms with Crippen molar-refractivity contribution in [3.8, 4) is 44.5 Å². The predicted octanol–water partition coefficient (Wildman–Crippen LogP) is 15.0. The Morgan fingerprint density at radius 1 is 0.633 bits per heavy atom. The highest BCUT2D eigenvalue weighted by atomic mass is 35.5. The van der Waals surface area contributed by atoms with Gasteiger partial charge in [-0.05, 0) is 175 Å². The number of nitrogens with zero attached hydrogens (tertiary/aromatic N) is 10. The molecular formula is C74H83Cl2N15O6Si. The molecule has 6 N–H and O–H groups in total. The number of carbonyl (C=O) groups excluding carboxylic acids is 4. The van der Waals surface area contributed by atoms with E-state index in [1.165, 1.54) is 21.8 Å². The van der Waals surface area contributed by atoms with E-state index >= 15 is 0 Å². The summed E-state index contributed by atoms with van der Waals surface area (Å²) in [5.74, 6) is -1.68. The summed E-state index contributed by atoms with van der Waals surface area (Å²) in [6.45, 7) is 23.2. The summed E-state index contributed by atoms with van der Waals surface area (Å²) in [5, 5.41) is 47.3. The summed E-state index contributed by atoms with van der Waals surface area (Å²) >= 11 is 13.4. The molecule has 4 aromatic heterocycles. The lowest BCUT2D eigenvalue weighted by molar-refractivity contribution is -0.118. The Bertz CT molecular complexity index is 4550. The number of aromatic nitrogens is 8. The minimum atomic E-state index is -1.18. The van der Waals surface area contributed by atoms with E-state index in [-0.39, 0.29) is 12.8 Å². The van der Waals surface area contributed by atoms with Crippen LogP contribution in [0.3, 0.4) is 0 Å².